The highest BCUT2D eigenvalue weighted by Crippen LogP contribution is 2.19. The molecule has 0 spiro atoms. The maximum atomic E-state index is 11.4. The second-order valence-electron chi connectivity index (χ2n) is 6.97. The maximum Gasteiger partial charge on any atom is 0.423 e. The van der Waals surface area contributed by atoms with E-state index in [0.717, 1.165) is 38.5 Å². The number of nitrogens with one attached hydrogen (secondary N) is 2. The molecule has 38 heavy (non-hydrogen) atoms. The molecule has 14 nitrogen and oxygen atoms in total. The van der Waals surface area contributed by atoms with Crippen LogP contribution in [0.5, 0.6) is 11.5 Å². The highest BCUT2D eigenvalue weighted by molar-refractivity contribution is 7.85. The number of benzene rings is 1. The fourth-order valence-corrected chi connectivity index (χ4v) is 3.86. The molecule has 1 aromatic carbocycles. The van der Waals surface area contributed by atoms with E-state index in [1.165, 1.54) is 48.7 Å². The second-order valence-corrected chi connectivity index (χ2v) is 9.53. The van der Waals surface area contributed by atoms with Crippen molar-refractivity contribution in [2.75, 3.05) is 53.5 Å². The van der Waals surface area contributed by atoms with Crippen LogP contribution in [0.2, 0.25) is 0 Å². The third kappa shape index (κ3) is 18.4. The van der Waals surface area contributed by atoms with Gasteiger partial charge in [0.05, 0.1) is 14.2 Å². The molecule has 0 bridgehead atoms. The van der Waals surface area contributed by atoms with Crippen molar-refractivity contribution in [3.05, 3.63) is 24.3 Å². The summed E-state index contributed by atoms with van der Waals surface area (Å²) in [7, 11) is -7.02. The molecule has 2 amide bonds. The van der Waals surface area contributed by atoms with Gasteiger partial charge in [0.2, 0.25) is 0 Å². The van der Waals surface area contributed by atoms with Crippen LogP contribution >= 0.6 is 0 Å². The molecule has 1 rings (SSSR count). The minimum absolute atomic E-state index is 0.253. The minimum atomic E-state index is -4.47. The fraction of sp³-hybridized carbons (Fsp3) is 0.636. The monoisotopic (exact) mass is 586 g/mol. The SMILES string of the molecule is CCN(CC)CC.CCN(CC)CC.COC(=O)NS(=O)(=O)Oc1ccc(OS(=O)(=O)NC(=O)OC)cc1. The van der Waals surface area contributed by atoms with Gasteiger partial charge in [0.25, 0.3) is 0 Å². The van der Waals surface area contributed by atoms with Crippen LogP contribution < -0.4 is 17.8 Å². The molecule has 222 valence electrons. The van der Waals surface area contributed by atoms with Gasteiger partial charge in [-0.2, -0.15) is 26.3 Å². The Labute approximate surface area is 227 Å². The summed E-state index contributed by atoms with van der Waals surface area (Å²) < 4.78 is 65.7. The standard InChI is InChI=1S/C10H12N2O10S2.2C6H15N/c1-19-9(13)11-23(15,16)21-7-3-5-8(6-4-7)22-24(17,18)12-10(14)20-2;2*1-4-7(5-2)6-3/h3-6H,1-2H3,(H,11,13)(H,12,14);2*4-6H2,1-3H3. The summed E-state index contributed by atoms with van der Waals surface area (Å²) in [6.07, 6.45) is -2.51. The smallest absolute Gasteiger partial charge is 0.423 e. The molecule has 2 N–H and O–H groups in total. The molecule has 0 fully saturated rings. The van der Waals surface area contributed by atoms with Crippen molar-refractivity contribution in [2.45, 2.75) is 41.5 Å². The van der Waals surface area contributed by atoms with Crippen LogP contribution in [0.3, 0.4) is 0 Å². The Morgan fingerprint density at radius 2 is 0.842 bits per heavy atom. The quantitative estimate of drug-likeness (QED) is 0.367. The molecule has 0 aliphatic rings. The number of carbonyl (C=O) groups excluding carboxylic acids is 2. The van der Waals surface area contributed by atoms with E-state index in [9.17, 15) is 26.4 Å². The number of methoxy groups -OCH3 is 2. The average Bonchev–Trinajstić information content (AvgIpc) is 2.87. The van der Waals surface area contributed by atoms with Gasteiger partial charge < -0.3 is 27.6 Å². The van der Waals surface area contributed by atoms with Crippen molar-refractivity contribution in [1.82, 2.24) is 19.2 Å². The predicted octanol–water partition coefficient (Wildman–Crippen LogP) is 2.34. The van der Waals surface area contributed by atoms with Crippen LogP contribution in [0.25, 0.3) is 0 Å². The predicted molar refractivity (Wildman–Crippen MR) is 144 cm³/mol. The number of carbonyl (C=O) groups is 2. The van der Waals surface area contributed by atoms with Crippen LogP contribution in [0.4, 0.5) is 9.59 Å². The normalized spacial score (nSPS) is 10.8. The third-order valence-corrected chi connectivity index (χ3v) is 6.36. The van der Waals surface area contributed by atoms with Crippen LogP contribution in [0, 0.1) is 0 Å². The summed E-state index contributed by atoms with van der Waals surface area (Å²) in [6.45, 7) is 20.2. The molecular formula is C22H42N4O10S2. The highest BCUT2D eigenvalue weighted by atomic mass is 32.2. The van der Waals surface area contributed by atoms with Crippen LogP contribution in [0.1, 0.15) is 41.5 Å². The fourth-order valence-electron chi connectivity index (χ4n) is 2.47. The molecule has 1 aromatic rings. The zero-order chi connectivity index (χ0) is 29.8. The number of ether oxygens (including phenoxy) is 2. The lowest BCUT2D eigenvalue weighted by Crippen LogP contribution is -2.34. The lowest BCUT2D eigenvalue weighted by molar-refractivity contribution is 0.175. The molecule has 16 heteroatoms. The number of nitrogens with zero attached hydrogens (tertiary/aromatic N) is 2. The van der Waals surface area contributed by atoms with Crippen LogP contribution in [-0.4, -0.2) is 92.3 Å². The van der Waals surface area contributed by atoms with Crippen LogP contribution in [-0.2, 0) is 30.1 Å². The van der Waals surface area contributed by atoms with E-state index < -0.39 is 32.8 Å². The topological polar surface area (TPSA) is 170 Å². The van der Waals surface area contributed by atoms with Crippen molar-refractivity contribution in [1.29, 1.82) is 0 Å². The highest BCUT2D eigenvalue weighted by Gasteiger charge is 2.19. The van der Waals surface area contributed by atoms with Crippen LogP contribution in [0.15, 0.2) is 24.3 Å². The largest absolute Gasteiger partial charge is 0.452 e. The molecule has 0 saturated heterocycles. The van der Waals surface area contributed by atoms with Gasteiger partial charge >= 0.3 is 32.8 Å². The first-order valence-corrected chi connectivity index (χ1v) is 14.7. The van der Waals surface area contributed by atoms with E-state index in [2.05, 4.69) is 69.2 Å². The van der Waals surface area contributed by atoms with Crippen molar-refractivity contribution in [3.63, 3.8) is 0 Å². The molecule has 0 radical (unpaired) electrons. The first-order chi connectivity index (χ1) is 17.8. The van der Waals surface area contributed by atoms with E-state index in [-0.39, 0.29) is 11.5 Å². The zero-order valence-corrected chi connectivity index (χ0v) is 25.0. The summed E-state index contributed by atoms with van der Waals surface area (Å²) in [4.78, 5) is 26.4. The summed E-state index contributed by atoms with van der Waals surface area (Å²) in [6, 6.07) is 4.16. The van der Waals surface area contributed by atoms with Gasteiger partial charge in [-0.3, -0.25) is 0 Å². The maximum absolute atomic E-state index is 11.4. The summed E-state index contributed by atoms with van der Waals surface area (Å²) in [5.41, 5.74) is 0. The van der Waals surface area contributed by atoms with E-state index >= 15 is 0 Å². The molecule has 0 aliphatic carbocycles. The summed E-state index contributed by atoms with van der Waals surface area (Å²) in [5.74, 6) is -0.505. The number of amides is 2. The number of hydrogen-bond donors (Lipinski definition) is 2. The van der Waals surface area contributed by atoms with Gasteiger partial charge in [-0.15, -0.1) is 0 Å². The Hall–Kier alpha value is -2.82. The molecule has 0 atom stereocenters. The van der Waals surface area contributed by atoms with Crippen molar-refractivity contribution in [3.8, 4) is 11.5 Å². The molecule has 0 saturated carbocycles. The first-order valence-electron chi connectivity index (χ1n) is 11.9. The second kappa shape index (κ2) is 20.2. The van der Waals surface area contributed by atoms with E-state index in [1.807, 2.05) is 0 Å². The van der Waals surface area contributed by atoms with Crippen molar-refractivity contribution in [2.24, 2.45) is 0 Å². The lowest BCUT2D eigenvalue weighted by Gasteiger charge is -2.13. The van der Waals surface area contributed by atoms with E-state index in [4.69, 9.17) is 0 Å². The van der Waals surface area contributed by atoms with Gasteiger partial charge in [-0.25, -0.2) is 9.59 Å². The Bertz CT molecular complexity index is 903. The van der Waals surface area contributed by atoms with E-state index in [1.54, 1.807) is 0 Å². The molecule has 0 unspecified atom stereocenters. The van der Waals surface area contributed by atoms with Gasteiger partial charge in [0, 0.05) is 0 Å². The van der Waals surface area contributed by atoms with Gasteiger partial charge in [-0.1, -0.05) is 41.5 Å². The zero-order valence-electron chi connectivity index (χ0n) is 23.3. The molecular weight excluding hydrogens is 544 g/mol. The average molecular weight is 587 g/mol. The van der Waals surface area contributed by atoms with Crippen molar-refractivity contribution < 1.29 is 44.3 Å². The third-order valence-electron chi connectivity index (χ3n) is 4.71. The minimum Gasteiger partial charge on any atom is -0.452 e. The van der Waals surface area contributed by atoms with Gasteiger partial charge in [0.15, 0.2) is 0 Å². The molecule has 0 aliphatic heterocycles. The van der Waals surface area contributed by atoms with E-state index in [0.29, 0.717) is 0 Å². The molecule has 0 aromatic heterocycles. The van der Waals surface area contributed by atoms with Gasteiger partial charge in [0.1, 0.15) is 11.5 Å². The summed E-state index contributed by atoms with van der Waals surface area (Å²) in [5, 5.41) is 0. The lowest BCUT2D eigenvalue weighted by atomic mass is 10.3. The number of rotatable bonds is 12. The molecule has 0 heterocycles. The Morgan fingerprint density at radius 1 is 0.605 bits per heavy atom. The van der Waals surface area contributed by atoms with Crippen molar-refractivity contribution >= 4 is 32.8 Å². The Kier molecular flexibility index (Phi) is 19.8. The first kappa shape index (κ1) is 37.3. The summed E-state index contributed by atoms with van der Waals surface area (Å²) >= 11 is 0. The Morgan fingerprint density at radius 3 is 1.00 bits per heavy atom. The Balaban J connectivity index is 0. The number of hydrogen-bond acceptors (Lipinski definition) is 12. The van der Waals surface area contributed by atoms with Gasteiger partial charge in [-0.05, 0) is 63.5 Å².